The topological polar surface area (TPSA) is 93.7 Å². The van der Waals surface area contributed by atoms with E-state index in [1.54, 1.807) is 19.4 Å². The standard InChI is InChI=1S/C18H19N5O2/c1-17(2)9-25-14-5-4-11(12-7-20-10-21-8-12)6-13(14)18(17)15(24)23(3)16(19)22-18/h4-8,10H,9H2,1-3H3,(H2,19,22). The van der Waals surface area contributed by atoms with Crippen LogP contribution in [0.5, 0.6) is 5.75 Å². The van der Waals surface area contributed by atoms with Crippen molar-refractivity contribution in [1.29, 1.82) is 0 Å². The van der Waals surface area contributed by atoms with E-state index < -0.39 is 11.0 Å². The Morgan fingerprint density at radius 3 is 2.56 bits per heavy atom. The van der Waals surface area contributed by atoms with Crippen LogP contribution in [0.2, 0.25) is 0 Å². The highest BCUT2D eigenvalue weighted by Gasteiger charge is 2.61. The van der Waals surface area contributed by atoms with E-state index in [0.717, 1.165) is 16.7 Å². The van der Waals surface area contributed by atoms with E-state index in [2.05, 4.69) is 15.0 Å². The fourth-order valence-corrected chi connectivity index (χ4v) is 3.55. The van der Waals surface area contributed by atoms with Gasteiger partial charge in [0.25, 0.3) is 5.91 Å². The fourth-order valence-electron chi connectivity index (χ4n) is 3.55. The Hall–Kier alpha value is -2.96. The van der Waals surface area contributed by atoms with Gasteiger partial charge in [-0.05, 0) is 17.7 Å². The summed E-state index contributed by atoms with van der Waals surface area (Å²) in [6.07, 6.45) is 4.95. The molecule has 2 aromatic rings. The van der Waals surface area contributed by atoms with Crippen molar-refractivity contribution >= 4 is 11.9 Å². The lowest BCUT2D eigenvalue weighted by atomic mass is 9.66. The van der Waals surface area contributed by atoms with Gasteiger partial charge in [-0.25, -0.2) is 15.0 Å². The molecule has 2 N–H and O–H groups in total. The second-order valence-corrected chi connectivity index (χ2v) is 7.06. The molecule has 1 spiro atoms. The van der Waals surface area contributed by atoms with Gasteiger partial charge < -0.3 is 10.5 Å². The highest BCUT2D eigenvalue weighted by molar-refractivity contribution is 6.08. The minimum atomic E-state index is -1.09. The third-order valence-electron chi connectivity index (χ3n) is 5.07. The first-order chi connectivity index (χ1) is 11.9. The smallest absolute Gasteiger partial charge is 0.262 e. The number of benzene rings is 1. The van der Waals surface area contributed by atoms with Gasteiger partial charge in [0.15, 0.2) is 11.5 Å². The highest BCUT2D eigenvalue weighted by Crippen LogP contribution is 2.53. The lowest BCUT2D eigenvalue weighted by Gasteiger charge is -2.44. The largest absolute Gasteiger partial charge is 0.493 e. The van der Waals surface area contributed by atoms with Crippen molar-refractivity contribution in [1.82, 2.24) is 14.9 Å². The first kappa shape index (κ1) is 15.6. The quantitative estimate of drug-likeness (QED) is 0.852. The third-order valence-corrected chi connectivity index (χ3v) is 5.07. The summed E-state index contributed by atoms with van der Waals surface area (Å²) in [6, 6.07) is 5.73. The number of hydrogen-bond acceptors (Lipinski definition) is 6. The van der Waals surface area contributed by atoms with Crippen LogP contribution in [0.25, 0.3) is 11.1 Å². The molecule has 3 heterocycles. The van der Waals surface area contributed by atoms with Crippen LogP contribution in [0.1, 0.15) is 19.4 Å². The maximum absolute atomic E-state index is 13.2. The van der Waals surface area contributed by atoms with E-state index in [1.807, 2.05) is 32.0 Å². The van der Waals surface area contributed by atoms with E-state index in [9.17, 15) is 4.79 Å². The summed E-state index contributed by atoms with van der Waals surface area (Å²) in [5.74, 6) is 0.737. The Bertz CT molecular complexity index is 894. The predicted octanol–water partition coefficient (Wildman–Crippen LogP) is 1.54. The molecular weight excluding hydrogens is 318 g/mol. The number of aromatic nitrogens is 2. The number of fused-ring (bicyclic) bond motifs is 2. The Labute approximate surface area is 145 Å². The van der Waals surface area contributed by atoms with Crippen LogP contribution < -0.4 is 10.5 Å². The number of nitrogens with zero attached hydrogens (tertiary/aromatic N) is 4. The molecule has 2 aliphatic rings. The van der Waals surface area contributed by atoms with E-state index in [4.69, 9.17) is 10.5 Å². The predicted molar refractivity (Wildman–Crippen MR) is 92.8 cm³/mol. The molecule has 0 saturated heterocycles. The van der Waals surface area contributed by atoms with E-state index >= 15 is 0 Å². The zero-order chi connectivity index (χ0) is 17.8. The number of likely N-dealkylation sites (N-methyl/N-ethyl adjacent to an activating group) is 1. The van der Waals surface area contributed by atoms with Crippen molar-refractivity contribution in [2.24, 2.45) is 16.1 Å². The zero-order valence-corrected chi connectivity index (χ0v) is 14.4. The molecule has 1 amide bonds. The van der Waals surface area contributed by atoms with Crippen LogP contribution in [0.4, 0.5) is 0 Å². The number of aliphatic imine (C=N–C) groups is 1. The molecule has 1 unspecified atom stereocenters. The Kier molecular flexibility index (Phi) is 3.12. The van der Waals surface area contributed by atoms with Crippen LogP contribution in [0.3, 0.4) is 0 Å². The molecule has 0 aliphatic carbocycles. The third kappa shape index (κ3) is 1.98. The van der Waals surface area contributed by atoms with Crippen LogP contribution >= 0.6 is 0 Å². The summed E-state index contributed by atoms with van der Waals surface area (Å²) in [7, 11) is 1.65. The van der Waals surface area contributed by atoms with Gasteiger partial charge in [-0.3, -0.25) is 9.69 Å². The number of guanidine groups is 1. The summed E-state index contributed by atoms with van der Waals surface area (Å²) in [4.78, 5) is 27.3. The van der Waals surface area contributed by atoms with Crippen LogP contribution in [0, 0.1) is 5.41 Å². The average molecular weight is 337 g/mol. The average Bonchev–Trinajstić information content (AvgIpc) is 2.85. The molecule has 25 heavy (non-hydrogen) atoms. The number of nitrogens with two attached hydrogens (primary N) is 1. The lowest BCUT2D eigenvalue weighted by molar-refractivity contribution is -0.137. The Balaban J connectivity index is 1.97. The van der Waals surface area contributed by atoms with Crippen molar-refractivity contribution in [3.05, 3.63) is 42.5 Å². The minimum absolute atomic E-state index is 0.138. The Morgan fingerprint density at radius 2 is 1.92 bits per heavy atom. The molecule has 1 aromatic heterocycles. The van der Waals surface area contributed by atoms with Crippen LogP contribution in [0.15, 0.2) is 41.9 Å². The van der Waals surface area contributed by atoms with Crippen molar-refractivity contribution in [3.63, 3.8) is 0 Å². The molecule has 0 saturated carbocycles. The summed E-state index contributed by atoms with van der Waals surface area (Å²) < 4.78 is 5.92. The van der Waals surface area contributed by atoms with Crippen molar-refractivity contribution in [2.75, 3.05) is 13.7 Å². The Morgan fingerprint density at radius 1 is 1.20 bits per heavy atom. The van der Waals surface area contributed by atoms with Gasteiger partial charge in [0.1, 0.15) is 12.1 Å². The van der Waals surface area contributed by atoms with Gasteiger partial charge in [-0.1, -0.05) is 19.9 Å². The normalized spacial score (nSPS) is 24.0. The van der Waals surface area contributed by atoms with Gasteiger partial charge in [0, 0.05) is 36.0 Å². The molecule has 1 aromatic carbocycles. The molecule has 0 radical (unpaired) electrons. The molecule has 0 fully saturated rings. The second-order valence-electron chi connectivity index (χ2n) is 7.06. The van der Waals surface area contributed by atoms with Crippen LogP contribution in [-0.4, -0.2) is 40.4 Å². The number of amides is 1. The minimum Gasteiger partial charge on any atom is -0.493 e. The molecule has 7 nitrogen and oxygen atoms in total. The SMILES string of the molecule is CN1C(=O)C2(N=C1N)c1cc(-c3cncnc3)ccc1OCC2(C)C. The summed E-state index contributed by atoms with van der Waals surface area (Å²) in [5, 5.41) is 0. The van der Waals surface area contributed by atoms with Gasteiger partial charge in [0.05, 0.1) is 6.61 Å². The summed E-state index contributed by atoms with van der Waals surface area (Å²) in [6.45, 7) is 4.33. The number of carbonyl (C=O) groups is 1. The van der Waals surface area contributed by atoms with Gasteiger partial charge in [-0.15, -0.1) is 0 Å². The molecule has 7 heteroatoms. The maximum atomic E-state index is 13.2. The fraction of sp³-hybridized carbons (Fsp3) is 0.333. The molecule has 128 valence electrons. The number of rotatable bonds is 1. The first-order valence-electron chi connectivity index (χ1n) is 8.03. The van der Waals surface area contributed by atoms with Crippen LogP contribution in [-0.2, 0) is 10.3 Å². The maximum Gasteiger partial charge on any atom is 0.262 e. The van der Waals surface area contributed by atoms with Gasteiger partial charge >= 0.3 is 0 Å². The number of hydrogen-bond donors (Lipinski definition) is 1. The van der Waals surface area contributed by atoms with Gasteiger partial charge in [0.2, 0.25) is 0 Å². The number of carbonyl (C=O) groups excluding carboxylic acids is 1. The van der Waals surface area contributed by atoms with Crippen molar-refractivity contribution < 1.29 is 9.53 Å². The summed E-state index contributed by atoms with van der Waals surface area (Å²) in [5.41, 5.74) is 6.84. The molecule has 4 rings (SSSR count). The lowest BCUT2D eigenvalue weighted by Crippen LogP contribution is -2.53. The highest BCUT2D eigenvalue weighted by atomic mass is 16.5. The number of ether oxygens (including phenoxy) is 1. The summed E-state index contributed by atoms with van der Waals surface area (Å²) >= 11 is 0. The van der Waals surface area contributed by atoms with E-state index in [1.165, 1.54) is 11.2 Å². The first-order valence-corrected chi connectivity index (χ1v) is 8.03. The molecule has 0 bridgehead atoms. The van der Waals surface area contributed by atoms with Gasteiger partial charge in [-0.2, -0.15) is 0 Å². The molecule has 2 aliphatic heterocycles. The zero-order valence-electron chi connectivity index (χ0n) is 14.4. The monoisotopic (exact) mass is 337 g/mol. The van der Waals surface area contributed by atoms with E-state index in [0.29, 0.717) is 12.4 Å². The van der Waals surface area contributed by atoms with Crippen molar-refractivity contribution in [2.45, 2.75) is 19.4 Å². The van der Waals surface area contributed by atoms with E-state index in [-0.39, 0.29) is 11.9 Å². The molecule has 1 atom stereocenters. The van der Waals surface area contributed by atoms with Crippen molar-refractivity contribution in [3.8, 4) is 16.9 Å². The molecular formula is C18H19N5O2. The second kappa shape index (κ2) is 5.02.